The van der Waals surface area contributed by atoms with Crippen LogP contribution in [0.1, 0.15) is 27.7 Å². The number of carbonyl (C=O) groups excluding carboxylic acids is 3. The number of esters is 1. The summed E-state index contributed by atoms with van der Waals surface area (Å²) in [6.45, 7) is 6.93. The summed E-state index contributed by atoms with van der Waals surface area (Å²) in [5, 5.41) is 2.31. The maximum Gasteiger partial charge on any atom is 0.411 e. The van der Waals surface area contributed by atoms with Gasteiger partial charge in [-0.3, -0.25) is 14.5 Å². The molecule has 120 valence electrons. The van der Waals surface area contributed by atoms with E-state index in [0.29, 0.717) is 5.75 Å². The number of nitrogens with zero attached hydrogens (tertiary/aromatic N) is 1. The van der Waals surface area contributed by atoms with Crippen molar-refractivity contribution in [3.63, 3.8) is 0 Å². The number of ether oxygens (including phenoxy) is 2. The first-order valence-electron chi connectivity index (χ1n) is 6.63. The second-order valence-electron chi connectivity index (χ2n) is 5.63. The van der Waals surface area contributed by atoms with Crippen molar-refractivity contribution in [1.82, 2.24) is 10.2 Å². The predicted molar refractivity (Wildman–Crippen MR) is 78.8 cm³/mol. The van der Waals surface area contributed by atoms with Gasteiger partial charge in [-0.1, -0.05) is 0 Å². The maximum atomic E-state index is 12.2. The molecule has 0 aromatic carbocycles. The second-order valence-corrected chi connectivity index (χ2v) is 6.98. The van der Waals surface area contributed by atoms with Crippen LogP contribution in [0.3, 0.4) is 0 Å². The number of amides is 2. The quantitative estimate of drug-likeness (QED) is 0.781. The number of nitrogens with one attached hydrogen (secondary N) is 1. The van der Waals surface area contributed by atoms with E-state index in [2.05, 4.69) is 10.1 Å². The molecular formula is C13H22N2O5S. The minimum absolute atomic E-state index is 0.159. The van der Waals surface area contributed by atoms with Gasteiger partial charge >= 0.3 is 12.1 Å². The van der Waals surface area contributed by atoms with Crippen molar-refractivity contribution in [2.45, 2.75) is 44.7 Å². The Morgan fingerprint density at radius 2 is 1.95 bits per heavy atom. The summed E-state index contributed by atoms with van der Waals surface area (Å²) in [4.78, 5) is 36.8. The van der Waals surface area contributed by atoms with Gasteiger partial charge in [0.2, 0.25) is 5.91 Å². The minimum atomic E-state index is -0.649. The van der Waals surface area contributed by atoms with Crippen molar-refractivity contribution in [3.8, 4) is 0 Å². The standard InChI is InChI=1S/C13H22N2O5S/c1-8-15(12(18)20-13(2,3)4)9(7-21-8)11(17)14-6-10(16)19-5/h8-9H,6-7H2,1-5H3,(H,14,17). The van der Waals surface area contributed by atoms with E-state index < -0.39 is 23.7 Å². The third-order valence-corrected chi connectivity index (χ3v) is 3.98. The first kappa shape index (κ1) is 17.6. The molecule has 1 aliphatic rings. The fraction of sp³-hybridized carbons (Fsp3) is 0.769. The fourth-order valence-electron chi connectivity index (χ4n) is 1.79. The Morgan fingerprint density at radius 3 is 2.48 bits per heavy atom. The lowest BCUT2D eigenvalue weighted by Gasteiger charge is -2.29. The molecule has 1 saturated heterocycles. The summed E-state index contributed by atoms with van der Waals surface area (Å²) in [6, 6.07) is -0.649. The van der Waals surface area contributed by atoms with Gasteiger partial charge in [0.15, 0.2) is 0 Å². The molecule has 0 aliphatic carbocycles. The van der Waals surface area contributed by atoms with Gasteiger partial charge in [0.25, 0.3) is 0 Å². The molecule has 0 saturated carbocycles. The number of hydrogen-bond donors (Lipinski definition) is 1. The zero-order valence-corrected chi connectivity index (χ0v) is 13.8. The fourth-order valence-corrected chi connectivity index (χ4v) is 2.95. The van der Waals surface area contributed by atoms with Gasteiger partial charge in [0, 0.05) is 5.75 Å². The molecule has 1 aliphatic heterocycles. The Balaban J connectivity index is 2.70. The highest BCUT2D eigenvalue weighted by Crippen LogP contribution is 2.30. The van der Waals surface area contributed by atoms with E-state index >= 15 is 0 Å². The van der Waals surface area contributed by atoms with Crippen LogP contribution in [0.15, 0.2) is 0 Å². The van der Waals surface area contributed by atoms with Gasteiger partial charge in [0.1, 0.15) is 18.2 Å². The summed E-state index contributed by atoms with van der Waals surface area (Å²) in [7, 11) is 1.25. The first-order chi connectivity index (χ1) is 9.65. The molecule has 2 atom stereocenters. The Kier molecular flexibility index (Phi) is 5.88. The monoisotopic (exact) mass is 318 g/mol. The van der Waals surface area contributed by atoms with Gasteiger partial charge in [-0.25, -0.2) is 4.79 Å². The van der Waals surface area contributed by atoms with Crippen molar-refractivity contribution in [2.75, 3.05) is 19.4 Å². The Bertz CT molecular complexity index is 421. The Hall–Kier alpha value is -1.44. The molecule has 1 heterocycles. The zero-order valence-electron chi connectivity index (χ0n) is 13.0. The van der Waals surface area contributed by atoms with Gasteiger partial charge in [-0.2, -0.15) is 0 Å². The molecule has 0 radical (unpaired) electrons. The van der Waals surface area contributed by atoms with Gasteiger partial charge in [-0.15, -0.1) is 11.8 Å². The molecule has 0 aromatic rings. The van der Waals surface area contributed by atoms with Crippen LogP contribution in [0.5, 0.6) is 0 Å². The number of rotatable bonds is 3. The molecule has 21 heavy (non-hydrogen) atoms. The van der Waals surface area contributed by atoms with Crippen LogP contribution in [-0.2, 0) is 19.1 Å². The number of hydrogen-bond acceptors (Lipinski definition) is 6. The first-order valence-corrected chi connectivity index (χ1v) is 7.68. The zero-order chi connectivity index (χ0) is 16.2. The van der Waals surface area contributed by atoms with Crippen LogP contribution in [0.4, 0.5) is 4.79 Å². The van der Waals surface area contributed by atoms with E-state index in [1.54, 1.807) is 20.8 Å². The molecule has 8 heteroatoms. The Labute approximate surface area is 128 Å². The molecule has 2 amide bonds. The van der Waals surface area contributed by atoms with E-state index in [4.69, 9.17) is 4.74 Å². The highest BCUT2D eigenvalue weighted by Gasteiger charge is 2.41. The minimum Gasteiger partial charge on any atom is -0.468 e. The molecule has 2 unspecified atom stereocenters. The average molecular weight is 318 g/mol. The van der Waals surface area contributed by atoms with Crippen LogP contribution in [0.2, 0.25) is 0 Å². The SMILES string of the molecule is COC(=O)CNC(=O)C1CSC(C)N1C(=O)OC(C)(C)C. The molecule has 0 spiro atoms. The molecule has 7 nitrogen and oxygen atoms in total. The molecule has 0 bridgehead atoms. The summed E-state index contributed by atoms with van der Waals surface area (Å²) in [5.74, 6) is -0.457. The third-order valence-electron chi connectivity index (χ3n) is 2.76. The van der Waals surface area contributed by atoms with Crippen LogP contribution < -0.4 is 5.32 Å². The molecule has 1 N–H and O–H groups in total. The van der Waals surface area contributed by atoms with Crippen molar-refractivity contribution < 1.29 is 23.9 Å². The highest BCUT2D eigenvalue weighted by molar-refractivity contribution is 8.00. The van der Waals surface area contributed by atoms with E-state index in [1.807, 2.05) is 6.92 Å². The summed E-state index contributed by atoms with van der Waals surface area (Å²) in [5.41, 5.74) is -0.628. The second kappa shape index (κ2) is 7.02. The van der Waals surface area contributed by atoms with Gasteiger partial charge < -0.3 is 14.8 Å². The van der Waals surface area contributed by atoms with Crippen LogP contribution in [-0.4, -0.2) is 59.3 Å². The summed E-state index contributed by atoms with van der Waals surface area (Å²) < 4.78 is 9.78. The van der Waals surface area contributed by atoms with Crippen molar-refractivity contribution in [2.24, 2.45) is 0 Å². The van der Waals surface area contributed by atoms with Crippen molar-refractivity contribution in [1.29, 1.82) is 0 Å². The van der Waals surface area contributed by atoms with Crippen LogP contribution >= 0.6 is 11.8 Å². The smallest absolute Gasteiger partial charge is 0.411 e. The summed E-state index contributed by atoms with van der Waals surface area (Å²) >= 11 is 1.48. The number of thioether (sulfide) groups is 1. The van der Waals surface area contributed by atoms with Crippen LogP contribution in [0, 0.1) is 0 Å². The van der Waals surface area contributed by atoms with E-state index in [1.165, 1.54) is 23.8 Å². The van der Waals surface area contributed by atoms with Gasteiger partial charge in [-0.05, 0) is 27.7 Å². The normalized spacial score (nSPS) is 21.9. The molecule has 1 rings (SSSR count). The topological polar surface area (TPSA) is 84.9 Å². The average Bonchev–Trinajstić information content (AvgIpc) is 2.75. The Morgan fingerprint density at radius 1 is 1.33 bits per heavy atom. The van der Waals surface area contributed by atoms with E-state index in [0.717, 1.165) is 0 Å². The van der Waals surface area contributed by atoms with E-state index in [-0.39, 0.29) is 17.8 Å². The molecular weight excluding hydrogens is 296 g/mol. The predicted octanol–water partition coefficient (Wildman–Crippen LogP) is 0.974. The lowest BCUT2D eigenvalue weighted by Crippen LogP contribution is -2.51. The number of carbonyl (C=O) groups is 3. The van der Waals surface area contributed by atoms with Crippen molar-refractivity contribution in [3.05, 3.63) is 0 Å². The largest absolute Gasteiger partial charge is 0.468 e. The van der Waals surface area contributed by atoms with Crippen molar-refractivity contribution >= 4 is 29.7 Å². The lowest BCUT2D eigenvalue weighted by molar-refractivity contribution is -0.141. The number of methoxy groups -OCH3 is 1. The molecule has 1 fully saturated rings. The third kappa shape index (κ3) is 5.11. The van der Waals surface area contributed by atoms with Gasteiger partial charge in [0.05, 0.1) is 12.5 Å². The van der Waals surface area contributed by atoms with Crippen LogP contribution in [0.25, 0.3) is 0 Å². The summed E-state index contributed by atoms with van der Waals surface area (Å²) in [6.07, 6.45) is -0.529. The lowest BCUT2D eigenvalue weighted by atomic mass is 10.2. The van der Waals surface area contributed by atoms with E-state index in [9.17, 15) is 14.4 Å². The maximum absolute atomic E-state index is 12.2. The molecule has 0 aromatic heterocycles. The highest BCUT2D eigenvalue weighted by atomic mass is 32.2.